The molecule has 0 saturated carbocycles. The van der Waals surface area contributed by atoms with Crippen LogP contribution in [0.1, 0.15) is 5.56 Å². The molecule has 0 aliphatic rings. The molecule has 0 bridgehead atoms. The number of ether oxygens (including phenoxy) is 2. The average molecular weight is 260 g/mol. The molecule has 0 atom stereocenters. The Balaban J connectivity index is 3.11. The van der Waals surface area contributed by atoms with Gasteiger partial charge in [0.2, 0.25) is 0 Å². The second-order valence-corrected chi connectivity index (χ2v) is 3.39. The quantitative estimate of drug-likeness (QED) is 0.667. The van der Waals surface area contributed by atoms with Crippen molar-refractivity contribution in [2.75, 3.05) is 25.0 Å². The molecule has 0 radical (unpaired) electrons. The van der Waals surface area contributed by atoms with E-state index in [0.29, 0.717) is 5.45 Å². The minimum absolute atomic E-state index is 0.676. The summed E-state index contributed by atoms with van der Waals surface area (Å²) >= 11 is 3.31. The Labute approximate surface area is 92.5 Å². The Bertz CT molecular complexity index is 315. The zero-order valence-electron chi connectivity index (χ0n) is 8.56. The van der Waals surface area contributed by atoms with E-state index in [1.807, 2.05) is 19.1 Å². The average Bonchev–Trinajstić information content (AvgIpc) is 2.20. The molecule has 0 aliphatic heterocycles. The van der Waals surface area contributed by atoms with Gasteiger partial charge in [-0.1, -0.05) is 15.9 Å². The summed E-state index contributed by atoms with van der Waals surface area (Å²) in [5.74, 6) is 1.68. The molecule has 0 heterocycles. The molecule has 0 aliphatic carbocycles. The van der Waals surface area contributed by atoms with E-state index in [-0.39, 0.29) is 0 Å². The molecule has 1 N–H and O–H groups in total. The fraction of sp³-hybridized carbons (Fsp3) is 0.400. The van der Waals surface area contributed by atoms with Crippen molar-refractivity contribution in [3.8, 4) is 11.5 Å². The highest BCUT2D eigenvalue weighted by molar-refractivity contribution is 9.09. The van der Waals surface area contributed by atoms with E-state index in [4.69, 9.17) is 9.47 Å². The first-order valence-corrected chi connectivity index (χ1v) is 5.37. The standard InChI is InChI=1S/C10H14BrNO2/c1-7-4-10(14-3)8(12-6-11)5-9(7)13-2/h4-5,12H,6H2,1-3H3. The Kier molecular flexibility index (Phi) is 4.07. The van der Waals surface area contributed by atoms with Crippen LogP contribution < -0.4 is 14.8 Å². The molecule has 0 saturated heterocycles. The summed E-state index contributed by atoms with van der Waals surface area (Å²) in [5.41, 5.74) is 2.66. The lowest BCUT2D eigenvalue weighted by Gasteiger charge is -2.13. The number of nitrogens with one attached hydrogen (secondary N) is 1. The molecule has 1 aromatic carbocycles. The second kappa shape index (κ2) is 5.10. The number of methoxy groups -OCH3 is 2. The van der Waals surface area contributed by atoms with Crippen LogP contribution in [0.3, 0.4) is 0 Å². The zero-order valence-corrected chi connectivity index (χ0v) is 10.1. The van der Waals surface area contributed by atoms with Gasteiger partial charge in [-0.15, -0.1) is 0 Å². The number of hydrogen-bond donors (Lipinski definition) is 1. The summed E-state index contributed by atoms with van der Waals surface area (Å²) < 4.78 is 10.5. The predicted octanol–water partition coefficient (Wildman–Crippen LogP) is 2.78. The Hall–Kier alpha value is -0.900. The lowest BCUT2D eigenvalue weighted by atomic mass is 10.2. The van der Waals surface area contributed by atoms with Crippen molar-refractivity contribution >= 4 is 21.6 Å². The molecular weight excluding hydrogens is 246 g/mol. The maximum atomic E-state index is 5.24. The number of halogens is 1. The Morgan fingerprint density at radius 3 is 2.36 bits per heavy atom. The highest BCUT2D eigenvalue weighted by Gasteiger charge is 2.07. The van der Waals surface area contributed by atoms with E-state index in [9.17, 15) is 0 Å². The molecular formula is C10H14BrNO2. The second-order valence-electron chi connectivity index (χ2n) is 2.83. The summed E-state index contributed by atoms with van der Waals surface area (Å²) in [6.07, 6.45) is 0. The lowest BCUT2D eigenvalue weighted by molar-refractivity contribution is 0.402. The van der Waals surface area contributed by atoms with Gasteiger partial charge in [0.25, 0.3) is 0 Å². The highest BCUT2D eigenvalue weighted by atomic mass is 79.9. The van der Waals surface area contributed by atoms with Crippen molar-refractivity contribution in [2.45, 2.75) is 6.92 Å². The molecule has 4 heteroatoms. The van der Waals surface area contributed by atoms with Gasteiger partial charge in [0.1, 0.15) is 11.5 Å². The van der Waals surface area contributed by atoms with Crippen molar-refractivity contribution in [3.63, 3.8) is 0 Å². The molecule has 0 aromatic heterocycles. The van der Waals surface area contributed by atoms with Crippen LogP contribution in [0.5, 0.6) is 11.5 Å². The van der Waals surface area contributed by atoms with Gasteiger partial charge in [0.15, 0.2) is 0 Å². The van der Waals surface area contributed by atoms with Crippen molar-refractivity contribution < 1.29 is 9.47 Å². The lowest BCUT2D eigenvalue weighted by Crippen LogP contribution is -1.99. The first-order chi connectivity index (χ1) is 6.72. The molecule has 0 amide bonds. The van der Waals surface area contributed by atoms with Crippen LogP contribution in [-0.2, 0) is 0 Å². The van der Waals surface area contributed by atoms with E-state index in [1.165, 1.54) is 0 Å². The van der Waals surface area contributed by atoms with Crippen LogP contribution >= 0.6 is 15.9 Å². The molecule has 0 fully saturated rings. The van der Waals surface area contributed by atoms with E-state index < -0.39 is 0 Å². The third kappa shape index (κ3) is 2.32. The van der Waals surface area contributed by atoms with Crippen molar-refractivity contribution in [1.29, 1.82) is 0 Å². The van der Waals surface area contributed by atoms with E-state index in [1.54, 1.807) is 14.2 Å². The number of benzene rings is 1. The summed E-state index contributed by atoms with van der Waals surface area (Å²) in [6, 6.07) is 3.87. The normalized spacial score (nSPS) is 9.71. The number of anilines is 1. The SMILES string of the molecule is COc1cc(NCBr)c(OC)cc1C. The van der Waals surface area contributed by atoms with Gasteiger partial charge in [-0.05, 0) is 18.6 Å². The van der Waals surface area contributed by atoms with Gasteiger partial charge in [0.05, 0.1) is 25.4 Å². The van der Waals surface area contributed by atoms with Gasteiger partial charge < -0.3 is 14.8 Å². The van der Waals surface area contributed by atoms with Gasteiger partial charge in [0, 0.05) is 6.07 Å². The van der Waals surface area contributed by atoms with Gasteiger partial charge in [-0.3, -0.25) is 0 Å². The summed E-state index contributed by atoms with van der Waals surface area (Å²) in [6.45, 7) is 1.99. The van der Waals surface area contributed by atoms with Crippen molar-refractivity contribution in [1.82, 2.24) is 0 Å². The largest absolute Gasteiger partial charge is 0.496 e. The fourth-order valence-electron chi connectivity index (χ4n) is 1.26. The summed E-state index contributed by atoms with van der Waals surface area (Å²) in [5, 5.41) is 3.14. The number of hydrogen-bond acceptors (Lipinski definition) is 3. The minimum atomic E-state index is 0.676. The number of aryl methyl sites for hydroxylation is 1. The first-order valence-electron chi connectivity index (χ1n) is 4.25. The van der Waals surface area contributed by atoms with Crippen LogP contribution in [0, 0.1) is 6.92 Å². The maximum Gasteiger partial charge on any atom is 0.142 e. The number of rotatable bonds is 4. The van der Waals surface area contributed by atoms with E-state index in [2.05, 4.69) is 21.2 Å². The third-order valence-corrected chi connectivity index (χ3v) is 2.25. The van der Waals surface area contributed by atoms with E-state index >= 15 is 0 Å². The van der Waals surface area contributed by atoms with Gasteiger partial charge >= 0.3 is 0 Å². The zero-order chi connectivity index (χ0) is 10.6. The monoisotopic (exact) mass is 259 g/mol. The fourth-order valence-corrected chi connectivity index (χ4v) is 1.56. The van der Waals surface area contributed by atoms with E-state index in [0.717, 1.165) is 22.7 Å². The molecule has 78 valence electrons. The van der Waals surface area contributed by atoms with Crippen LogP contribution in [0.2, 0.25) is 0 Å². The minimum Gasteiger partial charge on any atom is -0.496 e. The van der Waals surface area contributed by atoms with Crippen molar-refractivity contribution in [3.05, 3.63) is 17.7 Å². The van der Waals surface area contributed by atoms with Gasteiger partial charge in [-0.2, -0.15) is 0 Å². The van der Waals surface area contributed by atoms with Crippen molar-refractivity contribution in [2.24, 2.45) is 0 Å². The smallest absolute Gasteiger partial charge is 0.142 e. The molecule has 0 spiro atoms. The van der Waals surface area contributed by atoms with Crippen LogP contribution in [0.15, 0.2) is 12.1 Å². The molecule has 0 unspecified atom stereocenters. The first kappa shape index (κ1) is 11.2. The van der Waals surface area contributed by atoms with Crippen LogP contribution in [0.25, 0.3) is 0 Å². The molecule has 1 aromatic rings. The molecule has 14 heavy (non-hydrogen) atoms. The summed E-state index contributed by atoms with van der Waals surface area (Å²) in [7, 11) is 3.31. The van der Waals surface area contributed by atoms with Gasteiger partial charge in [-0.25, -0.2) is 0 Å². The highest BCUT2D eigenvalue weighted by Crippen LogP contribution is 2.32. The predicted molar refractivity (Wildman–Crippen MR) is 61.7 cm³/mol. The summed E-state index contributed by atoms with van der Waals surface area (Å²) in [4.78, 5) is 0. The molecule has 1 rings (SSSR count). The number of alkyl halides is 1. The Morgan fingerprint density at radius 2 is 1.86 bits per heavy atom. The Morgan fingerprint density at radius 1 is 1.21 bits per heavy atom. The van der Waals surface area contributed by atoms with Crippen LogP contribution in [0.4, 0.5) is 5.69 Å². The molecule has 3 nitrogen and oxygen atoms in total. The maximum absolute atomic E-state index is 5.24. The van der Waals surface area contributed by atoms with Crippen LogP contribution in [-0.4, -0.2) is 19.7 Å². The third-order valence-electron chi connectivity index (χ3n) is 1.97. The topological polar surface area (TPSA) is 30.5 Å².